The van der Waals surface area contributed by atoms with E-state index in [1.807, 2.05) is 6.07 Å². The highest BCUT2D eigenvalue weighted by Gasteiger charge is 2.32. The van der Waals surface area contributed by atoms with Crippen molar-refractivity contribution in [1.82, 2.24) is 5.32 Å². The van der Waals surface area contributed by atoms with E-state index >= 15 is 0 Å². The van der Waals surface area contributed by atoms with Gasteiger partial charge in [0.2, 0.25) is 0 Å². The number of hydrogen-bond donors (Lipinski definition) is 1. The molecule has 0 unspecified atom stereocenters. The predicted molar refractivity (Wildman–Crippen MR) is 78.4 cm³/mol. The van der Waals surface area contributed by atoms with E-state index in [2.05, 4.69) is 5.32 Å². The first-order valence-electron chi connectivity index (χ1n) is 6.56. The van der Waals surface area contributed by atoms with Crippen molar-refractivity contribution < 1.29 is 14.3 Å². The van der Waals surface area contributed by atoms with Crippen molar-refractivity contribution in [3.63, 3.8) is 0 Å². The van der Waals surface area contributed by atoms with Gasteiger partial charge >= 0.3 is 5.97 Å². The van der Waals surface area contributed by atoms with Gasteiger partial charge in [0.15, 0.2) is 0 Å². The molecule has 0 aliphatic carbocycles. The van der Waals surface area contributed by atoms with E-state index in [9.17, 15) is 4.79 Å². The van der Waals surface area contributed by atoms with Crippen molar-refractivity contribution in [2.45, 2.75) is 18.9 Å². The Morgan fingerprint density at radius 2 is 2.25 bits per heavy atom. The largest absolute Gasteiger partial charge is 0.465 e. The van der Waals surface area contributed by atoms with Crippen LogP contribution in [0.15, 0.2) is 18.2 Å². The molecule has 1 fully saturated rings. The maximum absolute atomic E-state index is 12.1. The first-order chi connectivity index (χ1) is 9.63. The van der Waals surface area contributed by atoms with Gasteiger partial charge in [-0.05, 0) is 24.6 Å². The Morgan fingerprint density at radius 1 is 1.45 bits per heavy atom. The normalized spacial score (nSPS) is 23.1. The van der Waals surface area contributed by atoms with Crippen LogP contribution < -0.4 is 5.32 Å². The van der Waals surface area contributed by atoms with Crippen molar-refractivity contribution in [3.8, 4) is 0 Å². The Bertz CT molecular complexity index is 481. The van der Waals surface area contributed by atoms with Crippen molar-refractivity contribution in [2.24, 2.45) is 0 Å². The van der Waals surface area contributed by atoms with E-state index < -0.39 is 6.04 Å². The Hall–Kier alpha value is -0.810. The number of rotatable bonds is 3. The van der Waals surface area contributed by atoms with Gasteiger partial charge in [-0.15, -0.1) is 0 Å². The molecule has 2 rings (SSSR count). The zero-order chi connectivity index (χ0) is 14.5. The fourth-order valence-electron chi connectivity index (χ4n) is 2.25. The van der Waals surface area contributed by atoms with Crippen LogP contribution in [0.4, 0.5) is 0 Å². The molecule has 1 aromatic rings. The van der Waals surface area contributed by atoms with Gasteiger partial charge in [-0.3, -0.25) is 4.79 Å². The molecule has 1 aromatic carbocycles. The number of esters is 1. The summed E-state index contributed by atoms with van der Waals surface area (Å²) in [6, 6.07) is 4.93. The summed E-state index contributed by atoms with van der Waals surface area (Å²) in [6.45, 7) is 3.76. The van der Waals surface area contributed by atoms with Crippen molar-refractivity contribution >= 4 is 29.2 Å². The van der Waals surface area contributed by atoms with E-state index in [-0.39, 0.29) is 11.9 Å². The molecule has 1 aliphatic rings. The third-order valence-electron chi connectivity index (χ3n) is 3.22. The van der Waals surface area contributed by atoms with Crippen LogP contribution in [0.2, 0.25) is 10.0 Å². The zero-order valence-corrected chi connectivity index (χ0v) is 12.7. The summed E-state index contributed by atoms with van der Waals surface area (Å²) in [5, 5.41) is 4.13. The minimum Gasteiger partial charge on any atom is -0.465 e. The summed E-state index contributed by atoms with van der Waals surface area (Å²) in [5.41, 5.74) is 0.909. The van der Waals surface area contributed by atoms with Crippen LogP contribution in [0, 0.1) is 0 Å². The molecule has 0 aromatic heterocycles. The molecule has 0 bridgehead atoms. The first-order valence-corrected chi connectivity index (χ1v) is 7.31. The lowest BCUT2D eigenvalue weighted by atomic mass is 9.92. The van der Waals surface area contributed by atoms with Gasteiger partial charge in [-0.25, -0.2) is 0 Å². The minimum absolute atomic E-state index is 0.147. The highest BCUT2D eigenvalue weighted by molar-refractivity contribution is 6.42. The lowest BCUT2D eigenvalue weighted by Gasteiger charge is -2.24. The number of halogens is 2. The van der Waals surface area contributed by atoms with Gasteiger partial charge in [0, 0.05) is 12.5 Å². The number of nitrogens with one attached hydrogen (secondary N) is 1. The molecule has 110 valence electrons. The third-order valence-corrected chi connectivity index (χ3v) is 3.96. The van der Waals surface area contributed by atoms with Crippen LogP contribution in [0.25, 0.3) is 0 Å². The van der Waals surface area contributed by atoms with E-state index in [1.165, 1.54) is 0 Å². The van der Waals surface area contributed by atoms with Crippen LogP contribution in [-0.4, -0.2) is 38.4 Å². The molecule has 20 heavy (non-hydrogen) atoms. The Labute approximate surface area is 128 Å². The fraction of sp³-hybridized carbons (Fsp3) is 0.500. The average molecular weight is 318 g/mol. The quantitative estimate of drug-likeness (QED) is 0.871. The van der Waals surface area contributed by atoms with E-state index in [4.69, 9.17) is 32.7 Å². The summed E-state index contributed by atoms with van der Waals surface area (Å²) in [5.74, 6) is -0.416. The van der Waals surface area contributed by atoms with Crippen molar-refractivity contribution in [3.05, 3.63) is 33.8 Å². The van der Waals surface area contributed by atoms with E-state index in [0.717, 1.165) is 5.56 Å². The Kier molecular flexibility index (Phi) is 5.66. The zero-order valence-electron chi connectivity index (χ0n) is 11.2. The summed E-state index contributed by atoms with van der Waals surface area (Å²) in [4.78, 5) is 12.1. The molecule has 1 heterocycles. The molecule has 2 atom stereocenters. The van der Waals surface area contributed by atoms with E-state index in [1.54, 1.807) is 19.1 Å². The van der Waals surface area contributed by atoms with Gasteiger partial charge in [0.1, 0.15) is 6.04 Å². The summed E-state index contributed by atoms with van der Waals surface area (Å²) >= 11 is 12.0. The van der Waals surface area contributed by atoms with Gasteiger partial charge < -0.3 is 14.8 Å². The van der Waals surface area contributed by atoms with Crippen LogP contribution in [0.1, 0.15) is 18.4 Å². The minimum atomic E-state index is -0.435. The van der Waals surface area contributed by atoms with Crippen LogP contribution in [0.5, 0.6) is 0 Å². The molecule has 0 amide bonds. The smallest absolute Gasteiger partial charge is 0.323 e. The van der Waals surface area contributed by atoms with Crippen molar-refractivity contribution in [2.75, 3.05) is 26.4 Å². The first kappa shape index (κ1) is 15.6. The second-order valence-corrected chi connectivity index (χ2v) is 5.35. The number of hydrogen-bond acceptors (Lipinski definition) is 4. The molecule has 0 saturated carbocycles. The molecule has 0 radical (unpaired) electrons. The monoisotopic (exact) mass is 317 g/mol. The highest BCUT2D eigenvalue weighted by Crippen LogP contribution is 2.29. The van der Waals surface area contributed by atoms with Crippen molar-refractivity contribution in [1.29, 1.82) is 0 Å². The molecule has 0 spiro atoms. The molecule has 1 saturated heterocycles. The van der Waals surface area contributed by atoms with E-state index in [0.29, 0.717) is 36.4 Å². The highest BCUT2D eigenvalue weighted by atomic mass is 35.5. The second-order valence-electron chi connectivity index (χ2n) is 4.54. The van der Waals surface area contributed by atoms with Gasteiger partial charge in [-0.2, -0.15) is 0 Å². The molecular formula is C14H17Cl2NO3. The lowest BCUT2D eigenvalue weighted by molar-refractivity contribution is -0.146. The number of carbonyl (C=O) groups is 1. The number of benzene rings is 1. The molecule has 1 aliphatic heterocycles. The van der Waals surface area contributed by atoms with Crippen LogP contribution >= 0.6 is 23.2 Å². The van der Waals surface area contributed by atoms with Gasteiger partial charge in [-0.1, -0.05) is 29.3 Å². The Morgan fingerprint density at radius 3 is 2.95 bits per heavy atom. The topological polar surface area (TPSA) is 47.6 Å². The van der Waals surface area contributed by atoms with Gasteiger partial charge in [0.05, 0.1) is 29.9 Å². The van der Waals surface area contributed by atoms with Gasteiger partial charge in [0.25, 0.3) is 0 Å². The standard InChI is InChI=1S/C14H17Cl2NO3/c1-2-20-14(18)13-10(8-19-6-5-17-13)9-3-4-11(15)12(16)7-9/h3-4,7,10,13,17H,2,5-6,8H2,1H3/t10-,13+/m1/s1. The maximum atomic E-state index is 12.1. The van der Waals surface area contributed by atoms with Crippen LogP contribution in [0.3, 0.4) is 0 Å². The molecule has 4 nitrogen and oxygen atoms in total. The lowest BCUT2D eigenvalue weighted by Crippen LogP contribution is -2.43. The summed E-state index contributed by atoms with van der Waals surface area (Å²) in [6.07, 6.45) is 0. The summed E-state index contributed by atoms with van der Waals surface area (Å²) < 4.78 is 10.7. The molecule has 6 heteroatoms. The third kappa shape index (κ3) is 3.64. The predicted octanol–water partition coefficient (Wildman–Crippen LogP) is 2.63. The number of ether oxygens (including phenoxy) is 2. The number of carbonyl (C=O) groups excluding carboxylic acids is 1. The SMILES string of the molecule is CCOC(=O)[C@H]1NCCOC[C@@H]1c1ccc(Cl)c(Cl)c1. The summed E-state index contributed by atoms with van der Waals surface area (Å²) in [7, 11) is 0. The molecule has 1 N–H and O–H groups in total. The van der Waals surface area contributed by atoms with Crippen LogP contribution in [-0.2, 0) is 14.3 Å². The average Bonchev–Trinajstić information content (AvgIpc) is 2.68. The Balaban J connectivity index is 2.27. The second kappa shape index (κ2) is 7.27. The maximum Gasteiger partial charge on any atom is 0.323 e. The molecular weight excluding hydrogens is 301 g/mol. The fourth-order valence-corrected chi connectivity index (χ4v) is 2.55.